The van der Waals surface area contributed by atoms with Crippen LogP contribution in [-0.2, 0) is 4.74 Å². The van der Waals surface area contributed by atoms with E-state index in [-0.39, 0.29) is 17.9 Å². The molecular formula is C22H21N3O3. The molecule has 6 heteroatoms. The minimum atomic E-state index is -0.302. The second-order valence-corrected chi connectivity index (χ2v) is 6.73. The lowest BCUT2D eigenvalue weighted by Gasteiger charge is -2.14. The standard InChI is InChI=1S/C22H21N3O3/c26-21(24-14-16-8-5-13-28-16)17-9-1-2-11-19(17)25-22(27)18-10-3-6-15-7-4-12-23-20(15)18/h1-4,6-7,9-12,16H,5,8,13-14H2,(H,24,26)(H,25,27). The van der Waals surface area contributed by atoms with Crippen LogP contribution in [0.4, 0.5) is 5.69 Å². The minimum Gasteiger partial charge on any atom is -0.376 e. The lowest BCUT2D eigenvalue weighted by Crippen LogP contribution is -2.32. The van der Waals surface area contributed by atoms with Crippen molar-refractivity contribution in [3.05, 3.63) is 71.9 Å². The molecule has 1 atom stereocenters. The number of hydrogen-bond acceptors (Lipinski definition) is 4. The summed E-state index contributed by atoms with van der Waals surface area (Å²) in [6.45, 7) is 1.21. The van der Waals surface area contributed by atoms with Gasteiger partial charge in [-0.1, -0.05) is 30.3 Å². The molecule has 6 nitrogen and oxygen atoms in total. The van der Waals surface area contributed by atoms with Crippen molar-refractivity contribution in [2.45, 2.75) is 18.9 Å². The van der Waals surface area contributed by atoms with Crippen LogP contribution in [-0.4, -0.2) is 36.1 Å². The first-order valence-electron chi connectivity index (χ1n) is 9.36. The summed E-state index contributed by atoms with van der Waals surface area (Å²) in [5, 5.41) is 6.64. The number of ether oxygens (including phenoxy) is 1. The number of fused-ring (bicyclic) bond motifs is 1. The molecule has 2 N–H and O–H groups in total. The van der Waals surface area contributed by atoms with Gasteiger partial charge in [-0.05, 0) is 37.1 Å². The van der Waals surface area contributed by atoms with Gasteiger partial charge in [-0.15, -0.1) is 0 Å². The van der Waals surface area contributed by atoms with E-state index in [0.717, 1.165) is 24.8 Å². The van der Waals surface area contributed by atoms with E-state index in [4.69, 9.17) is 4.74 Å². The van der Waals surface area contributed by atoms with Gasteiger partial charge in [-0.2, -0.15) is 0 Å². The number of carbonyl (C=O) groups excluding carboxylic acids is 2. The summed E-state index contributed by atoms with van der Waals surface area (Å²) in [5.41, 5.74) is 1.97. The fourth-order valence-corrected chi connectivity index (χ4v) is 3.37. The first kappa shape index (κ1) is 18.1. The molecule has 4 rings (SSSR count). The van der Waals surface area contributed by atoms with E-state index >= 15 is 0 Å². The number of anilines is 1. The molecule has 1 aliphatic heterocycles. The quantitative estimate of drug-likeness (QED) is 0.716. The van der Waals surface area contributed by atoms with Crippen LogP contribution in [0, 0.1) is 0 Å². The zero-order chi connectivity index (χ0) is 19.3. The molecule has 1 unspecified atom stereocenters. The highest BCUT2D eigenvalue weighted by atomic mass is 16.5. The second-order valence-electron chi connectivity index (χ2n) is 6.73. The number of amides is 2. The van der Waals surface area contributed by atoms with Gasteiger partial charge in [-0.3, -0.25) is 14.6 Å². The third-order valence-corrected chi connectivity index (χ3v) is 4.81. The summed E-state index contributed by atoms with van der Waals surface area (Å²) in [6.07, 6.45) is 3.69. The molecule has 1 aliphatic rings. The van der Waals surface area contributed by atoms with Crippen molar-refractivity contribution >= 4 is 28.4 Å². The van der Waals surface area contributed by atoms with Gasteiger partial charge < -0.3 is 15.4 Å². The van der Waals surface area contributed by atoms with E-state index in [1.54, 1.807) is 36.5 Å². The number of pyridine rings is 1. The molecule has 0 radical (unpaired) electrons. The zero-order valence-electron chi connectivity index (χ0n) is 15.4. The van der Waals surface area contributed by atoms with E-state index in [1.165, 1.54) is 0 Å². The average molecular weight is 375 g/mol. The van der Waals surface area contributed by atoms with E-state index < -0.39 is 0 Å². The molecular weight excluding hydrogens is 354 g/mol. The molecule has 0 saturated carbocycles. The van der Waals surface area contributed by atoms with Crippen molar-refractivity contribution in [1.82, 2.24) is 10.3 Å². The number of nitrogens with zero attached hydrogens (tertiary/aromatic N) is 1. The van der Waals surface area contributed by atoms with E-state index in [2.05, 4.69) is 15.6 Å². The molecule has 1 fully saturated rings. The third kappa shape index (κ3) is 3.87. The molecule has 2 heterocycles. The van der Waals surface area contributed by atoms with E-state index in [9.17, 15) is 9.59 Å². The van der Waals surface area contributed by atoms with Gasteiger partial charge in [0.05, 0.1) is 28.4 Å². The molecule has 142 valence electrons. The monoisotopic (exact) mass is 375 g/mol. The van der Waals surface area contributed by atoms with Crippen LogP contribution in [0.2, 0.25) is 0 Å². The Balaban J connectivity index is 1.53. The predicted octanol–water partition coefficient (Wildman–Crippen LogP) is 3.40. The Morgan fingerprint density at radius 3 is 2.68 bits per heavy atom. The number of para-hydroxylation sites is 2. The average Bonchev–Trinajstić information content (AvgIpc) is 3.25. The number of carbonyl (C=O) groups is 2. The molecule has 2 aromatic carbocycles. The summed E-state index contributed by atoms with van der Waals surface area (Å²) in [6, 6.07) is 16.2. The lowest BCUT2D eigenvalue weighted by molar-refractivity contribution is 0.0858. The topological polar surface area (TPSA) is 80.3 Å². The summed E-state index contributed by atoms with van der Waals surface area (Å²) < 4.78 is 5.54. The minimum absolute atomic E-state index is 0.0625. The van der Waals surface area contributed by atoms with Gasteiger partial charge in [0.15, 0.2) is 0 Å². The van der Waals surface area contributed by atoms with Crippen molar-refractivity contribution in [3.8, 4) is 0 Å². The van der Waals surface area contributed by atoms with Crippen LogP contribution < -0.4 is 10.6 Å². The Bertz CT molecular complexity index is 1010. The Kier molecular flexibility index (Phi) is 5.30. The molecule has 1 saturated heterocycles. The van der Waals surface area contributed by atoms with Crippen LogP contribution in [0.15, 0.2) is 60.8 Å². The van der Waals surface area contributed by atoms with Gasteiger partial charge in [-0.25, -0.2) is 0 Å². The molecule has 0 aliphatic carbocycles. The maximum atomic E-state index is 12.9. The van der Waals surface area contributed by atoms with Gasteiger partial charge in [0.2, 0.25) is 0 Å². The van der Waals surface area contributed by atoms with Crippen molar-refractivity contribution < 1.29 is 14.3 Å². The Morgan fingerprint density at radius 2 is 1.82 bits per heavy atom. The zero-order valence-corrected chi connectivity index (χ0v) is 15.4. The summed E-state index contributed by atoms with van der Waals surface area (Å²) in [7, 11) is 0. The summed E-state index contributed by atoms with van der Waals surface area (Å²) >= 11 is 0. The van der Waals surface area contributed by atoms with Crippen molar-refractivity contribution in [3.63, 3.8) is 0 Å². The third-order valence-electron chi connectivity index (χ3n) is 4.81. The largest absolute Gasteiger partial charge is 0.376 e. The molecule has 28 heavy (non-hydrogen) atoms. The highest BCUT2D eigenvalue weighted by Gasteiger charge is 2.19. The van der Waals surface area contributed by atoms with Gasteiger partial charge >= 0.3 is 0 Å². The van der Waals surface area contributed by atoms with Crippen LogP contribution in [0.3, 0.4) is 0 Å². The summed E-state index contributed by atoms with van der Waals surface area (Å²) in [5.74, 6) is -0.536. The number of hydrogen-bond donors (Lipinski definition) is 2. The molecule has 2 amide bonds. The number of rotatable bonds is 5. The Labute approximate surface area is 162 Å². The van der Waals surface area contributed by atoms with Crippen LogP contribution in [0.5, 0.6) is 0 Å². The second kappa shape index (κ2) is 8.19. The van der Waals surface area contributed by atoms with E-state index in [1.807, 2.05) is 24.3 Å². The SMILES string of the molecule is O=C(NCC1CCCO1)c1ccccc1NC(=O)c1cccc2cccnc12. The Hall–Kier alpha value is -3.25. The normalized spacial score (nSPS) is 16.1. The fraction of sp³-hybridized carbons (Fsp3) is 0.227. The Morgan fingerprint density at radius 1 is 1.00 bits per heavy atom. The van der Waals surface area contributed by atoms with Crippen molar-refractivity contribution in [1.29, 1.82) is 0 Å². The van der Waals surface area contributed by atoms with Crippen molar-refractivity contribution in [2.75, 3.05) is 18.5 Å². The molecule has 1 aromatic heterocycles. The predicted molar refractivity (Wildman–Crippen MR) is 107 cm³/mol. The van der Waals surface area contributed by atoms with Crippen molar-refractivity contribution in [2.24, 2.45) is 0 Å². The molecule has 3 aromatic rings. The number of nitrogens with one attached hydrogen (secondary N) is 2. The van der Waals surface area contributed by atoms with Gasteiger partial charge in [0.25, 0.3) is 11.8 Å². The maximum absolute atomic E-state index is 12.9. The van der Waals surface area contributed by atoms with E-state index in [0.29, 0.717) is 28.9 Å². The molecule has 0 spiro atoms. The lowest BCUT2D eigenvalue weighted by atomic mass is 10.1. The molecule has 0 bridgehead atoms. The van der Waals surface area contributed by atoms with Crippen LogP contribution >= 0.6 is 0 Å². The first-order chi connectivity index (χ1) is 13.7. The number of aromatic nitrogens is 1. The maximum Gasteiger partial charge on any atom is 0.257 e. The van der Waals surface area contributed by atoms with Crippen LogP contribution in [0.25, 0.3) is 10.9 Å². The highest BCUT2D eigenvalue weighted by Crippen LogP contribution is 2.20. The van der Waals surface area contributed by atoms with Gasteiger partial charge in [0.1, 0.15) is 0 Å². The highest BCUT2D eigenvalue weighted by molar-refractivity contribution is 6.14. The fourth-order valence-electron chi connectivity index (χ4n) is 3.37. The number of benzene rings is 2. The first-order valence-corrected chi connectivity index (χ1v) is 9.36. The van der Waals surface area contributed by atoms with Crippen LogP contribution in [0.1, 0.15) is 33.6 Å². The smallest absolute Gasteiger partial charge is 0.257 e. The summed E-state index contributed by atoms with van der Waals surface area (Å²) in [4.78, 5) is 29.8. The van der Waals surface area contributed by atoms with Gasteiger partial charge in [0, 0.05) is 24.7 Å².